The summed E-state index contributed by atoms with van der Waals surface area (Å²) in [5.41, 5.74) is 9.87. The number of rotatable bonds is 3. The summed E-state index contributed by atoms with van der Waals surface area (Å²) in [7, 11) is 1.00. The summed E-state index contributed by atoms with van der Waals surface area (Å²) in [5, 5.41) is 16.8. The molecule has 0 saturated carbocycles. The number of benzene rings is 2. The second-order valence-corrected chi connectivity index (χ2v) is 7.95. The van der Waals surface area contributed by atoms with Crippen LogP contribution in [0.3, 0.4) is 0 Å². The fourth-order valence-corrected chi connectivity index (χ4v) is 4.21. The highest BCUT2D eigenvalue weighted by Gasteiger charge is 2.28. The quantitative estimate of drug-likeness (QED) is 0.410. The summed E-state index contributed by atoms with van der Waals surface area (Å²) in [6, 6.07) is 11.7. The molecule has 2 aromatic carbocycles. The average molecular weight is 503 g/mol. The van der Waals surface area contributed by atoms with Crippen molar-refractivity contribution in [1.29, 1.82) is 0 Å². The third-order valence-corrected chi connectivity index (χ3v) is 5.79. The zero-order valence-electron chi connectivity index (χ0n) is 26.5. The first-order valence-electron chi connectivity index (χ1n) is 14.2. The van der Waals surface area contributed by atoms with Gasteiger partial charge < -0.3 is 10.2 Å². The van der Waals surface area contributed by atoms with Crippen LogP contribution in [0.15, 0.2) is 43.5 Å². The van der Waals surface area contributed by atoms with E-state index in [4.69, 9.17) is 5.11 Å². The van der Waals surface area contributed by atoms with Gasteiger partial charge in [-0.25, -0.2) is 0 Å². The fraction of sp³-hybridized carbons (Fsp3) is 0.588. The molecule has 210 valence electrons. The highest BCUT2D eigenvalue weighted by molar-refractivity contribution is 5.47. The maximum absolute atomic E-state index is 9.79. The SMILES string of the molecule is C=C.CC.CC.CC.CC.CO.Cc1cc2c(cc1C)[C@@H](c1ccc(C)c(C(C)C)c1)C[C@@H](CO)C2. The molecule has 3 rings (SSSR count). The van der Waals surface area contributed by atoms with Gasteiger partial charge >= 0.3 is 0 Å². The topological polar surface area (TPSA) is 40.5 Å². The summed E-state index contributed by atoms with van der Waals surface area (Å²) in [6.45, 7) is 33.4. The molecule has 1 aliphatic carbocycles. The molecule has 2 nitrogen and oxygen atoms in total. The first-order chi connectivity index (χ1) is 17.4. The largest absolute Gasteiger partial charge is 0.400 e. The molecule has 0 radical (unpaired) electrons. The van der Waals surface area contributed by atoms with Gasteiger partial charge in [0.15, 0.2) is 0 Å². The van der Waals surface area contributed by atoms with E-state index in [0.29, 0.717) is 17.8 Å². The maximum atomic E-state index is 9.79. The molecule has 36 heavy (non-hydrogen) atoms. The van der Waals surface area contributed by atoms with E-state index in [9.17, 15) is 5.11 Å². The van der Waals surface area contributed by atoms with Crippen molar-refractivity contribution >= 4 is 0 Å². The summed E-state index contributed by atoms with van der Waals surface area (Å²) >= 11 is 0. The minimum Gasteiger partial charge on any atom is -0.400 e. The number of hydrogen-bond donors (Lipinski definition) is 2. The van der Waals surface area contributed by atoms with Crippen LogP contribution in [-0.4, -0.2) is 23.9 Å². The van der Waals surface area contributed by atoms with E-state index in [-0.39, 0.29) is 6.61 Å². The lowest BCUT2D eigenvalue weighted by atomic mass is 9.72. The predicted molar refractivity (Wildman–Crippen MR) is 167 cm³/mol. The molecule has 0 heterocycles. The lowest BCUT2D eigenvalue weighted by Crippen LogP contribution is -2.22. The maximum Gasteiger partial charge on any atom is 0.0462 e. The monoisotopic (exact) mass is 502 g/mol. The van der Waals surface area contributed by atoms with Gasteiger partial charge in [0.25, 0.3) is 0 Å². The molecule has 2 heteroatoms. The van der Waals surface area contributed by atoms with E-state index in [1.165, 1.54) is 38.9 Å². The number of aryl methyl sites for hydroxylation is 3. The number of aliphatic hydroxyl groups excluding tert-OH is 2. The van der Waals surface area contributed by atoms with Gasteiger partial charge in [-0.3, -0.25) is 0 Å². The minimum absolute atomic E-state index is 0.283. The highest BCUT2D eigenvalue weighted by Crippen LogP contribution is 2.41. The van der Waals surface area contributed by atoms with Crippen molar-refractivity contribution in [3.05, 3.63) is 82.4 Å². The smallest absolute Gasteiger partial charge is 0.0462 e. The first-order valence-corrected chi connectivity index (χ1v) is 14.2. The fourth-order valence-electron chi connectivity index (χ4n) is 4.21. The molecule has 0 spiro atoms. The Morgan fingerprint density at radius 2 is 1.25 bits per heavy atom. The van der Waals surface area contributed by atoms with Gasteiger partial charge in [0.05, 0.1) is 0 Å². The van der Waals surface area contributed by atoms with E-state index in [1.54, 1.807) is 0 Å². The van der Waals surface area contributed by atoms with Crippen molar-refractivity contribution in [3.63, 3.8) is 0 Å². The lowest BCUT2D eigenvalue weighted by molar-refractivity contribution is 0.208. The Labute approximate surface area is 226 Å². The lowest BCUT2D eigenvalue weighted by Gasteiger charge is -2.32. The third-order valence-electron chi connectivity index (χ3n) is 5.79. The molecule has 1 aliphatic rings. The molecular weight excluding hydrogens is 440 g/mol. The van der Waals surface area contributed by atoms with Gasteiger partial charge in [0.2, 0.25) is 0 Å². The van der Waals surface area contributed by atoms with Gasteiger partial charge in [-0.05, 0) is 84.4 Å². The van der Waals surface area contributed by atoms with Crippen LogP contribution in [0.1, 0.15) is 126 Å². The van der Waals surface area contributed by atoms with Gasteiger partial charge in [-0.1, -0.05) is 99.6 Å². The van der Waals surface area contributed by atoms with E-state index in [2.05, 4.69) is 78.1 Å². The Bertz CT molecular complexity index is 762. The van der Waals surface area contributed by atoms with Crippen LogP contribution in [0.4, 0.5) is 0 Å². The van der Waals surface area contributed by atoms with Gasteiger partial charge in [-0.2, -0.15) is 0 Å². The second kappa shape index (κ2) is 26.2. The molecule has 2 atom stereocenters. The van der Waals surface area contributed by atoms with E-state index < -0.39 is 0 Å². The van der Waals surface area contributed by atoms with E-state index in [1.807, 2.05) is 55.4 Å². The molecule has 2 aromatic rings. The summed E-state index contributed by atoms with van der Waals surface area (Å²) in [6.07, 6.45) is 2.05. The Hall–Kier alpha value is -1.90. The van der Waals surface area contributed by atoms with Crippen LogP contribution in [0.2, 0.25) is 0 Å². The Morgan fingerprint density at radius 3 is 1.69 bits per heavy atom. The Morgan fingerprint density at radius 1 is 0.778 bits per heavy atom. The molecule has 0 fully saturated rings. The van der Waals surface area contributed by atoms with Gasteiger partial charge in [0.1, 0.15) is 0 Å². The van der Waals surface area contributed by atoms with Crippen LogP contribution in [-0.2, 0) is 6.42 Å². The van der Waals surface area contributed by atoms with Gasteiger partial charge in [-0.15, -0.1) is 13.2 Å². The summed E-state index contributed by atoms with van der Waals surface area (Å²) < 4.78 is 0. The highest BCUT2D eigenvalue weighted by atomic mass is 16.3. The molecule has 0 unspecified atom stereocenters. The number of hydrogen-bond acceptors (Lipinski definition) is 2. The van der Waals surface area contributed by atoms with Crippen molar-refractivity contribution in [2.45, 2.75) is 115 Å². The molecule has 0 bridgehead atoms. The van der Waals surface area contributed by atoms with Crippen molar-refractivity contribution in [1.82, 2.24) is 0 Å². The van der Waals surface area contributed by atoms with Crippen LogP contribution in [0, 0.1) is 26.7 Å². The first kappa shape index (κ1) is 41.2. The Balaban J connectivity index is -0.000000375. The molecule has 0 aromatic heterocycles. The zero-order valence-corrected chi connectivity index (χ0v) is 26.5. The van der Waals surface area contributed by atoms with Crippen molar-refractivity contribution in [3.8, 4) is 0 Å². The Kier molecular flexibility index (Phi) is 30.0. The van der Waals surface area contributed by atoms with Gasteiger partial charge in [0, 0.05) is 19.6 Å². The van der Waals surface area contributed by atoms with Crippen molar-refractivity contribution in [2.24, 2.45) is 5.92 Å². The second-order valence-electron chi connectivity index (χ2n) is 7.95. The summed E-state index contributed by atoms with van der Waals surface area (Å²) in [5.74, 6) is 1.32. The minimum atomic E-state index is 0.283. The normalized spacial score (nSPS) is 14.5. The van der Waals surface area contributed by atoms with Crippen LogP contribution < -0.4 is 0 Å². The molecular formula is C34H62O2. The molecule has 0 amide bonds. The standard InChI is InChI=1S/C23H30O.4C2H6.C2H4.CH4O/c1-14(2)21-12-19(7-6-15(21)3)23-11-18(13-24)10-20-8-16(4)17(5)9-22(20)23;6*1-2/h6-9,12,14,18,23-24H,10-11,13H2,1-5H3;4*1-2H3;1-2H2;2H,1H3/t18-,23+;;;;;;/m0....../s1. The molecule has 0 saturated heterocycles. The van der Waals surface area contributed by atoms with Crippen LogP contribution in [0.25, 0.3) is 0 Å². The van der Waals surface area contributed by atoms with E-state index in [0.717, 1.165) is 20.0 Å². The van der Waals surface area contributed by atoms with Crippen LogP contribution >= 0.6 is 0 Å². The zero-order chi connectivity index (χ0) is 29.4. The summed E-state index contributed by atoms with van der Waals surface area (Å²) in [4.78, 5) is 0. The van der Waals surface area contributed by atoms with E-state index >= 15 is 0 Å². The number of aliphatic hydroxyl groups is 2. The molecule has 2 N–H and O–H groups in total. The predicted octanol–water partition coefficient (Wildman–Crippen LogP) is 9.94. The van der Waals surface area contributed by atoms with Crippen LogP contribution in [0.5, 0.6) is 0 Å². The molecule has 0 aliphatic heterocycles. The average Bonchev–Trinajstić information content (AvgIpc) is 2.95. The third kappa shape index (κ3) is 12.9. The van der Waals surface area contributed by atoms with Crippen molar-refractivity contribution < 1.29 is 10.2 Å². The number of fused-ring (bicyclic) bond motifs is 1. The van der Waals surface area contributed by atoms with Crippen molar-refractivity contribution in [2.75, 3.05) is 13.7 Å².